The standard InChI is InChI=1S/C26H22FN3O4/c1-3-34-22-11-7-5-9-20(22)29-24-23(17-12-14-18(15-13-17)28-16(2)31)25(32)30(26(24)33)21-10-6-4-8-19(21)27/h4-15,29H,3H2,1-2H3,(H,28,31). The maximum Gasteiger partial charge on any atom is 0.282 e. The van der Waals surface area contributed by atoms with Crippen LogP contribution in [0.15, 0.2) is 78.5 Å². The van der Waals surface area contributed by atoms with Crippen molar-refractivity contribution >= 4 is 40.4 Å². The predicted molar refractivity (Wildman–Crippen MR) is 128 cm³/mol. The number of para-hydroxylation sites is 3. The highest BCUT2D eigenvalue weighted by Gasteiger charge is 2.41. The minimum Gasteiger partial charge on any atom is -0.492 e. The van der Waals surface area contributed by atoms with E-state index in [1.54, 1.807) is 54.6 Å². The van der Waals surface area contributed by atoms with Crippen LogP contribution in [0.2, 0.25) is 0 Å². The van der Waals surface area contributed by atoms with E-state index in [-0.39, 0.29) is 22.9 Å². The van der Waals surface area contributed by atoms with Gasteiger partial charge in [0.1, 0.15) is 17.3 Å². The van der Waals surface area contributed by atoms with Gasteiger partial charge < -0.3 is 15.4 Å². The topological polar surface area (TPSA) is 87.7 Å². The lowest BCUT2D eigenvalue weighted by atomic mass is 10.0. The number of imide groups is 1. The van der Waals surface area contributed by atoms with Gasteiger partial charge in [0.15, 0.2) is 0 Å². The fraction of sp³-hybridized carbons (Fsp3) is 0.115. The number of halogens is 1. The van der Waals surface area contributed by atoms with Crippen LogP contribution in [0.3, 0.4) is 0 Å². The smallest absolute Gasteiger partial charge is 0.282 e. The van der Waals surface area contributed by atoms with Crippen molar-refractivity contribution in [3.8, 4) is 5.75 Å². The van der Waals surface area contributed by atoms with Crippen molar-refractivity contribution in [1.29, 1.82) is 0 Å². The molecular formula is C26H22FN3O4. The summed E-state index contributed by atoms with van der Waals surface area (Å²) < 4.78 is 20.2. The molecule has 3 amide bonds. The first-order valence-corrected chi connectivity index (χ1v) is 10.6. The summed E-state index contributed by atoms with van der Waals surface area (Å²) in [6.45, 7) is 3.63. The lowest BCUT2D eigenvalue weighted by Gasteiger charge is -2.16. The van der Waals surface area contributed by atoms with E-state index in [0.29, 0.717) is 29.3 Å². The molecule has 0 fully saturated rings. The third-order valence-electron chi connectivity index (χ3n) is 5.12. The van der Waals surface area contributed by atoms with Crippen LogP contribution in [0.25, 0.3) is 5.57 Å². The van der Waals surface area contributed by atoms with Crippen LogP contribution in [0.1, 0.15) is 19.4 Å². The van der Waals surface area contributed by atoms with Crippen molar-refractivity contribution in [2.45, 2.75) is 13.8 Å². The summed E-state index contributed by atoms with van der Waals surface area (Å²) in [4.78, 5) is 39.1. The highest BCUT2D eigenvalue weighted by molar-refractivity contribution is 6.46. The molecule has 0 atom stereocenters. The van der Waals surface area contributed by atoms with E-state index in [0.717, 1.165) is 4.90 Å². The zero-order chi connectivity index (χ0) is 24.2. The Morgan fingerprint density at radius 1 is 0.941 bits per heavy atom. The Bertz CT molecular complexity index is 1300. The zero-order valence-electron chi connectivity index (χ0n) is 18.6. The second kappa shape index (κ2) is 9.58. The van der Waals surface area contributed by atoms with E-state index in [1.807, 2.05) is 6.92 Å². The Hall–Kier alpha value is -4.46. The van der Waals surface area contributed by atoms with Crippen LogP contribution in [0, 0.1) is 5.82 Å². The van der Waals surface area contributed by atoms with Crippen LogP contribution >= 0.6 is 0 Å². The van der Waals surface area contributed by atoms with Crippen LogP contribution in [-0.2, 0) is 14.4 Å². The minimum atomic E-state index is -0.694. The number of amides is 3. The van der Waals surface area contributed by atoms with E-state index >= 15 is 0 Å². The third-order valence-corrected chi connectivity index (χ3v) is 5.12. The van der Waals surface area contributed by atoms with Gasteiger partial charge >= 0.3 is 0 Å². The summed E-state index contributed by atoms with van der Waals surface area (Å²) in [6, 6.07) is 19.1. The Kier molecular flexibility index (Phi) is 6.40. The Morgan fingerprint density at radius 2 is 1.62 bits per heavy atom. The third kappa shape index (κ3) is 4.38. The molecule has 1 aliphatic heterocycles. The SMILES string of the molecule is CCOc1ccccc1NC1=C(c2ccc(NC(C)=O)cc2)C(=O)N(c2ccccc2F)C1=O. The van der Waals surface area contributed by atoms with E-state index in [4.69, 9.17) is 4.74 Å². The van der Waals surface area contributed by atoms with E-state index in [2.05, 4.69) is 10.6 Å². The molecule has 0 saturated carbocycles. The summed E-state index contributed by atoms with van der Waals surface area (Å²) in [5.41, 5.74) is 1.39. The fourth-order valence-corrected chi connectivity index (χ4v) is 3.67. The molecule has 2 N–H and O–H groups in total. The molecular weight excluding hydrogens is 437 g/mol. The summed E-state index contributed by atoms with van der Waals surface area (Å²) in [5, 5.41) is 5.70. The van der Waals surface area contributed by atoms with Gasteiger partial charge in [0.25, 0.3) is 11.8 Å². The summed E-state index contributed by atoms with van der Waals surface area (Å²) >= 11 is 0. The molecule has 0 unspecified atom stereocenters. The van der Waals surface area contributed by atoms with Crippen molar-refractivity contribution in [1.82, 2.24) is 0 Å². The fourth-order valence-electron chi connectivity index (χ4n) is 3.67. The van der Waals surface area contributed by atoms with Gasteiger partial charge in [0.2, 0.25) is 5.91 Å². The number of ether oxygens (including phenoxy) is 1. The molecule has 0 bridgehead atoms. The van der Waals surface area contributed by atoms with E-state index in [1.165, 1.54) is 25.1 Å². The van der Waals surface area contributed by atoms with Gasteiger partial charge in [-0.25, -0.2) is 9.29 Å². The molecule has 8 heteroatoms. The molecule has 1 heterocycles. The summed E-state index contributed by atoms with van der Waals surface area (Å²) in [6.07, 6.45) is 0. The lowest BCUT2D eigenvalue weighted by Crippen LogP contribution is -2.33. The van der Waals surface area contributed by atoms with Crippen molar-refractivity contribution in [3.63, 3.8) is 0 Å². The maximum atomic E-state index is 14.6. The largest absolute Gasteiger partial charge is 0.492 e. The van der Waals surface area contributed by atoms with Gasteiger partial charge in [-0.05, 0) is 48.9 Å². The molecule has 0 spiro atoms. The molecule has 3 aromatic carbocycles. The normalized spacial score (nSPS) is 13.3. The Labute approximate surface area is 195 Å². The van der Waals surface area contributed by atoms with Gasteiger partial charge in [-0.3, -0.25) is 14.4 Å². The molecule has 3 aromatic rings. The number of hydrogen-bond acceptors (Lipinski definition) is 5. The zero-order valence-corrected chi connectivity index (χ0v) is 18.6. The van der Waals surface area contributed by atoms with Crippen LogP contribution in [0.5, 0.6) is 5.75 Å². The predicted octanol–water partition coefficient (Wildman–Crippen LogP) is 4.58. The number of nitrogens with zero attached hydrogens (tertiary/aromatic N) is 1. The quantitative estimate of drug-likeness (QED) is 0.505. The van der Waals surface area contributed by atoms with Crippen molar-refractivity contribution in [2.75, 3.05) is 22.1 Å². The minimum absolute atomic E-state index is 0.00677. The number of anilines is 3. The number of rotatable bonds is 7. The van der Waals surface area contributed by atoms with Gasteiger partial charge in [-0.1, -0.05) is 36.4 Å². The van der Waals surface area contributed by atoms with Gasteiger partial charge in [-0.2, -0.15) is 0 Å². The first-order valence-electron chi connectivity index (χ1n) is 10.6. The Morgan fingerprint density at radius 3 is 2.29 bits per heavy atom. The number of carbonyl (C=O) groups excluding carboxylic acids is 3. The molecule has 7 nitrogen and oxygen atoms in total. The van der Waals surface area contributed by atoms with E-state index < -0.39 is 17.6 Å². The number of nitrogens with one attached hydrogen (secondary N) is 2. The maximum absolute atomic E-state index is 14.6. The van der Waals surface area contributed by atoms with Crippen LogP contribution in [-0.4, -0.2) is 24.3 Å². The molecule has 0 radical (unpaired) electrons. The first-order chi connectivity index (χ1) is 16.4. The molecule has 1 aliphatic rings. The van der Waals surface area contributed by atoms with Crippen LogP contribution in [0.4, 0.5) is 21.5 Å². The van der Waals surface area contributed by atoms with E-state index in [9.17, 15) is 18.8 Å². The second-order valence-corrected chi connectivity index (χ2v) is 7.46. The highest BCUT2D eigenvalue weighted by Crippen LogP contribution is 2.36. The monoisotopic (exact) mass is 459 g/mol. The van der Waals surface area contributed by atoms with Gasteiger partial charge in [0, 0.05) is 12.6 Å². The van der Waals surface area contributed by atoms with Crippen molar-refractivity contribution in [2.24, 2.45) is 0 Å². The molecule has 4 rings (SSSR count). The second-order valence-electron chi connectivity index (χ2n) is 7.46. The number of benzene rings is 3. The highest BCUT2D eigenvalue weighted by atomic mass is 19.1. The van der Waals surface area contributed by atoms with Gasteiger partial charge in [0.05, 0.1) is 23.6 Å². The Balaban J connectivity index is 1.82. The average Bonchev–Trinajstić information content (AvgIpc) is 3.05. The summed E-state index contributed by atoms with van der Waals surface area (Å²) in [5.74, 6) is -1.79. The summed E-state index contributed by atoms with van der Waals surface area (Å²) in [7, 11) is 0. The lowest BCUT2D eigenvalue weighted by molar-refractivity contribution is -0.120. The number of hydrogen-bond donors (Lipinski definition) is 2. The first kappa shape index (κ1) is 22.7. The molecule has 0 aromatic heterocycles. The number of carbonyl (C=O) groups is 3. The molecule has 34 heavy (non-hydrogen) atoms. The molecule has 172 valence electrons. The van der Waals surface area contributed by atoms with Crippen molar-refractivity contribution < 1.29 is 23.5 Å². The molecule has 0 aliphatic carbocycles. The average molecular weight is 459 g/mol. The van der Waals surface area contributed by atoms with Gasteiger partial charge in [-0.15, -0.1) is 0 Å². The van der Waals surface area contributed by atoms with Crippen LogP contribution < -0.4 is 20.3 Å². The van der Waals surface area contributed by atoms with Crippen molar-refractivity contribution in [3.05, 3.63) is 89.9 Å². The molecule has 0 saturated heterocycles.